The summed E-state index contributed by atoms with van der Waals surface area (Å²) in [7, 11) is 0. The maximum atomic E-state index is 12.7. The van der Waals surface area contributed by atoms with E-state index < -0.39 is 0 Å². The van der Waals surface area contributed by atoms with Crippen LogP contribution in [0.5, 0.6) is 0 Å². The molecule has 1 aromatic carbocycles. The molecule has 1 aliphatic heterocycles. The predicted octanol–water partition coefficient (Wildman–Crippen LogP) is 3.46. The van der Waals surface area contributed by atoms with Crippen LogP contribution in [0.4, 0.5) is 0 Å². The number of nitrogens with zero attached hydrogens (tertiary/aromatic N) is 2. The Labute approximate surface area is 148 Å². The summed E-state index contributed by atoms with van der Waals surface area (Å²) in [6, 6.07) is 14.0. The number of carbonyl (C=O) groups excluding carboxylic acids is 1. The van der Waals surface area contributed by atoms with E-state index in [0.29, 0.717) is 24.5 Å². The van der Waals surface area contributed by atoms with E-state index in [0.717, 1.165) is 37.2 Å². The molecule has 4 rings (SSSR count). The van der Waals surface area contributed by atoms with Crippen LogP contribution in [0.25, 0.3) is 0 Å². The first-order chi connectivity index (χ1) is 12.2. The van der Waals surface area contributed by atoms with E-state index in [9.17, 15) is 4.79 Å². The standard InChI is InChI=1S/C21H24N2O2/c1-15-20(8-5-9-22-15)21(24)23-12-17-10-19(11-18(17)13-23)25-14-16-6-3-2-4-7-16/h2-9,17-19H,10-14H2,1H3/t17-,18+,19?. The lowest BCUT2D eigenvalue weighted by molar-refractivity contribution is 0.0367. The third kappa shape index (κ3) is 3.45. The van der Waals surface area contributed by atoms with E-state index in [1.165, 1.54) is 5.56 Å². The molecule has 4 nitrogen and oxygen atoms in total. The number of ether oxygens (including phenoxy) is 1. The zero-order valence-corrected chi connectivity index (χ0v) is 14.6. The van der Waals surface area contributed by atoms with E-state index in [2.05, 4.69) is 17.1 Å². The van der Waals surface area contributed by atoms with Gasteiger partial charge < -0.3 is 9.64 Å². The van der Waals surface area contributed by atoms with Gasteiger partial charge in [-0.1, -0.05) is 30.3 Å². The van der Waals surface area contributed by atoms with Crippen LogP contribution in [0.3, 0.4) is 0 Å². The summed E-state index contributed by atoms with van der Waals surface area (Å²) < 4.78 is 6.11. The van der Waals surface area contributed by atoms with Gasteiger partial charge in [-0.15, -0.1) is 0 Å². The van der Waals surface area contributed by atoms with Gasteiger partial charge in [-0.3, -0.25) is 9.78 Å². The number of likely N-dealkylation sites (tertiary alicyclic amines) is 1. The summed E-state index contributed by atoms with van der Waals surface area (Å²) in [6.45, 7) is 4.28. The third-order valence-electron chi connectivity index (χ3n) is 5.56. The van der Waals surface area contributed by atoms with Gasteiger partial charge in [0.1, 0.15) is 0 Å². The molecule has 130 valence electrons. The molecule has 0 radical (unpaired) electrons. The van der Waals surface area contributed by atoms with Crippen LogP contribution in [0, 0.1) is 18.8 Å². The molecular formula is C21H24N2O2. The van der Waals surface area contributed by atoms with Crippen LogP contribution in [-0.4, -0.2) is 35.0 Å². The zero-order chi connectivity index (χ0) is 17.2. The molecule has 1 saturated heterocycles. The lowest BCUT2D eigenvalue weighted by atomic mass is 10.0. The second-order valence-electron chi connectivity index (χ2n) is 7.26. The minimum absolute atomic E-state index is 0.127. The number of fused-ring (bicyclic) bond motifs is 1. The Bertz CT molecular complexity index is 733. The van der Waals surface area contributed by atoms with Gasteiger partial charge in [0.15, 0.2) is 0 Å². The van der Waals surface area contributed by atoms with Crippen molar-refractivity contribution < 1.29 is 9.53 Å². The molecule has 1 amide bonds. The fourth-order valence-corrected chi connectivity index (χ4v) is 4.22. The van der Waals surface area contributed by atoms with Crippen LogP contribution in [0.2, 0.25) is 0 Å². The number of pyridine rings is 1. The van der Waals surface area contributed by atoms with E-state index in [1.54, 1.807) is 6.20 Å². The van der Waals surface area contributed by atoms with Gasteiger partial charge in [0.25, 0.3) is 5.91 Å². The number of aryl methyl sites for hydroxylation is 1. The number of hydrogen-bond acceptors (Lipinski definition) is 3. The minimum Gasteiger partial charge on any atom is -0.374 e. The summed E-state index contributed by atoms with van der Waals surface area (Å²) in [4.78, 5) is 19.0. The van der Waals surface area contributed by atoms with E-state index in [4.69, 9.17) is 4.74 Å². The van der Waals surface area contributed by atoms with Crippen LogP contribution in [-0.2, 0) is 11.3 Å². The molecule has 1 unspecified atom stereocenters. The summed E-state index contributed by atoms with van der Waals surface area (Å²) in [5, 5.41) is 0. The fraction of sp³-hybridized carbons (Fsp3) is 0.429. The summed E-state index contributed by atoms with van der Waals surface area (Å²) in [6.07, 6.45) is 4.19. The molecule has 25 heavy (non-hydrogen) atoms. The second kappa shape index (κ2) is 6.96. The Kier molecular flexibility index (Phi) is 4.53. The molecule has 0 bridgehead atoms. The van der Waals surface area contributed by atoms with Crippen LogP contribution >= 0.6 is 0 Å². The number of hydrogen-bond donors (Lipinski definition) is 0. The van der Waals surface area contributed by atoms with Gasteiger partial charge in [0, 0.05) is 25.0 Å². The predicted molar refractivity (Wildman–Crippen MR) is 96.1 cm³/mol. The topological polar surface area (TPSA) is 42.4 Å². The normalized spacial score (nSPS) is 25.2. The van der Waals surface area contributed by atoms with Crippen molar-refractivity contribution in [1.82, 2.24) is 9.88 Å². The van der Waals surface area contributed by atoms with Crippen LogP contribution < -0.4 is 0 Å². The highest BCUT2D eigenvalue weighted by molar-refractivity contribution is 5.95. The Hall–Kier alpha value is -2.20. The highest BCUT2D eigenvalue weighted by Gasteiger charge is 2.43. The molecule has 2 aliphatic rings. The molecule has 3 atom stereocenters. The maximum Gasteiger partial charge on any atom is 0.255 e. The van der Waals surface area contributed by atoms with Gasteiger partial charge in [-0.05, 0) is 49.3 Å². The van der Waals surface area contributed by atoms with Crippen molar-refractivity contribution in [3.05, 3.63) is 65.5 Å². The Morgan fingerprint density at radius 1 is 1.12 bits per heavy atom. The lowest BCUT2D eigenvalue weighted by Crippen LogP contribution is -2.31. The number of carbonyl (C=O) groups is 1. The van der Waals surface area contributed by atoms with Crippen LogP contribution in [0.1, 0.15) is 34.5 Å². The first kappa shape index (κ1) is 16.3. The number of rotatable bonds is 4. The Morgan fingerprint density at radius 3 is 2.52 bits per heavy atom. The molecule has 1 aromatic heterocycles. The van der Waals surface area contributed by atoms with Gasteiger partial charge in [0.05, 0.1) is 18.3 Å². The summed E-state index contributed by atoms with van der Waals surface area (Å²) in [5.74, 6) is 1.27. The molecule has 4 heteroatoms. The molecule has 1 saturated carbocycles. The number of amides is 1. The van der Waals surface area contributed by atoms with Crippen molar-refractivity contribution in [3.63, 3.8) is 0 Å². The molecule has 0 spiro atoms. The highest BCUT2D eigenvalue weighted by Crippen LogP contribution is 2.40. The number of benzene rings is 1. The molecule has 2 fully saturated rings. The number of aromatic nitrogens is 1. The quantitative estimate of drug-likeness (QED) is 0.859. The second-order valence-corrected chi connectivity index (χ2v) is 7.26. The van der Waals surface area contributed by atoms with Crippen molar-refractivity contribution in [2.75, 3.05) is 13.1 Å². The summed E-state index contributed by atoms with van der Waals surface area (Å²) in [5.41, 5.74) is 2.77. The average molecular weight is 336 g/mol. The molecular weight excluding hydrogens is 312 g/mol. The van der Waals surface area contributed by atoms with E-state index >= 15 is 0 Å². The first-order valence-corrected chi connectivity index (χ1v) is 9.07. The maximum absolute atomic E-state index is 12.7. The van der Waals surface area contributed by atoms with Crippen molar-refractivity contribution in [3.8, 4) is 0 Å². The molecule has 0 N–H and O–H groups in total. The third-order valence-corrected chi connectivity index (χ3v) is 5.56. The van der Waals surface area contributed by atoms with Crippen LogP contribution in [0.15, 0.2) is 48.7 Å². The molecule has 1 aliphatic carbocycles. The lowest BCUT2D eigenvalue weighted by Gasteiger charge is -2.20. The SMILES string of the molecule is Cc1ncccc1C(=O)N1C[C@H]2CC(OCc3ccccc3)C[C@H]2C1. The largest absolute Gasteiger partial charge is 0.374 e. The minimum atomic E-state index is 0.127. The van der Waals surface area contributed by atoms with Crippen molar-refractivity contribution in [2.24, 2.45) is 11.8 Å². The molecule has 2 aromatic rings. The molecule has 2 heterocycles. The fourth-order valence-electron chi connectivity index (χ4n) is 4.22. The van der Waals surface area contributed by atoms with Gasteiger partial charge in [-0.2, -0.15) is 0 Å². The average Bonchev–Trinajstić information content (AvgIpc) is 3.19. The van der Waals surface area contributed by atoms with Crippen molar-refractivity contribution in [1.29, 1.82) is 0 Å². The smallest absolute Gasteiger partial charge is 0.255 e. The van der Waals surface area contributed by atoms with Crippen molar-refractivity contribution in [2.45, 2.75) is 32.5 Å². The Morgan fingerprint density at radius 2 is 1.84 bits per heavy atom. The van der Waals surface area contributed by atoms with Gasteiger partial charge >= 0.3 is 0 Å². The van der Waals surface area contributed by atoms with Gasteiger partial charge in [0.2, 0.25) is 0 Å². The summed E-state index contributed by atoms with van der Waals surface area (Å²) >= 11 is 0. The van der Waals surface area contributed by atoms with Gasteiger partial charge in [-0.25, -0.2) is 0 Å². The zero-order valence-electron chi connectivity index (χ0n) is 14.6. The van der Waals surface area contributed by atoms with Crippen molar-refractivity contribution >= 4 is 5.91 Å². The monoisotopic (exact) mass is 336 g/mol. The Balaban J connectivity index is 1.32. The first-order valence-electron chi connectivity index (χ1n) is 9.07. The van der Waals surface area contributed by atoms with E-state index in [1.807, 2.05) is 42.2 Å². The highest BCUT2D eigenvalue weighted by atomic mass is 16.5. The van der Waals surface area contributed by atoms with E-state index in [-0.39, 0.29) is 5.91 Å².